The molecule has 0 aliphatic heterocycles. The number of carboxylic acids is 1. The maximum Gasteiger partial charge on any atom is 0.303 e. The Balaban J connectivity index is 2.19. The quantitative estimate of drug-likeness (QED) is 0.606. The Morgan fingerprint density at radius 2 is 2.18 bits per heavy atom. The van der Waals surface area contributed by atoms with Crippen molar-refractivity contribution in [3.8, 4) is 0 Å². The largest absolute Gasteiger partial charge is 0.481 e. The van der Waals surface area contributed by atoms with Crippen molar-refractivity contribution in [1.82, 2.24) is 20.5 Å². The fourth-order valence-electron chi connectivity index (χ4n) is 1.37. The number of amides is 1. The highest BCUT2D eigenvalue weighted by molar-refractivity contribution is 5.76. The predicted molar refractivity (Wildman–Crippen MR) is 59.0 cm³/mol. The minimum atomic E-state index is -0.833. The molecule has 0 aliphatic rings. The van der Waals surface area contributed by atoms with E-state index in [1.165, 1.54) is 6.33 Å². The number of H-pyrrole nitrogens is 1. The third-order valence-corrected chi connectivity index (χ3v) is 2.27. The zero-order chi connectivity index (χ0) is 12.7. The standard InChI is InChI=1S/C10H16N4O3/c1-7(10-11-6-12-14-10)13-8(15)4-2-3-5-9(16)17/h6-7H,2-5H2,1H3,(H,13,15)(H,16,17)(H,11,12,14). The predicted octanol–water partition coefficient (Wildman–Crippen LogP) is 0.627. The van der Waals surface area contributed by atoms with Gasteiger partial charge in [-0.2, -0.15) is 5.10 Å². The molecule has 1 aromatic heterocycles. The number of carbonyl (C=O) groups excluding carboxylic acids is 1. The van der Waals surface area contributed by atoms with Crippen LogP contribution in [-0.4, -0.2) is 32.2 Å². The maximum atomic E-state index is 11.5. The van der Waals surface area contributed by atoms with E-state index in [1.807, 2.05) is 0 Å². The van der Waals surface area contributed by atoms with E-state index in [0.29, 0.717) is 25.1 Å². The van der Waals surface area contributed by atoms with Crippen molar-refractivity contribution < 1.29 is 14.7 Å². The highest BCUT2D eigenvalue weighted by atomic mass is 16.4. The average molecular weight is 240 g/mol. The second-order valence-corrected chi connectivity index (χ2v) is 3.76. The van der Waals surface area contributed by atoms with Crippen molar-refractivity contribution >= 4 is 11.9 Å². The highest BCUT2D eigenvalue weighted by Gasteiger charge is 2.11. The van der Waals surface area contributed by atoms with Crippen LogP contribution in [0.4, 0.5) is 0 Å². The summed E-state index contributed by atoms with van der Waals surface area (Å²) in [6, 6.07) is -0.218. The summed E-state index contributed by atoms with van der Waals surface area (Å²) in [6.07, 6.45) is 2.89. The lowest BCUT2D eigenvalue weighted by atomic mass is 10.2. The van der Waals surface area contributed by atoms with E-state index < -0.39 is 5.97 Å². The molecule has 1 atom stereocenters. The molecule has 1 amide bonds. The first-order valence-electron chi connectivity index (χ1n) is 5.46. The first kappa shape index (κ1) is 13.1. The van der Waals surface area contributed by atoms with Crippen LogP contribution in [0.1, 0.15) is 44.5 Å². The molecule has 0 bridgehead atoms. The molecule has 7 nitrogen and oxygen atoms in total. The summed E-state index contributed by atoms with van der Waals surface area (Å²) in [5.41, 5.74) is 0. The molecule has 0 fully saturated rings. The maximum absolute atomic E-state index is 11.5. The van der Waals surface area contributed by atoms with Gasteiger partial charge in [0, 0.05) is 12.8 Å². The van der Waals surface area contributed by atoms with Gasteiger partial charge in [-0.3, -0.25) is 14.7 Å². The summed E-state index contributed by atoms with van der Waals surface area (Å²) in [6.45, 7) is 1.80. The van der Waals surface area contributed by atoms with Crippen LogP contribution in [0.25, 0.3) is 0 Å². The van der Waals surface area contributed by atoms with Crippen LogP contribution in [0.2, 0.25) is 0 Å². The minimum absolute atomic E-state index is 0.102. The van der Waals surface area contributed by atoms with E-state index >= 15 is 0 Å². The van der Waals surface area contributed by atoms with Crippen molar-refractivity contribution in [3.63, 3.8) is 0 Å². The molecular weight excluding hydrogens is 224 g/mol. The molecule has 0 aliphatic carbocycles. The van der Waals surface area contributed by atoms with Gasteiger partial charge in [-0.05, 0) is 19.8 Å². The van der Waals surface area contributed by atoms with Crippen molar-refractivity contribution in [2.45, 2.75) is 38.6 Å². The lowest BCUT2D eigenvalue weighted by Gasteiger charge is -2.10. The van der Waals surface area contributed by atoms with Crippen LogP contribution >= 0.6 is 0 Å². The van der Waals surface area contributed by atoms with E-state index in [0.717, 1.165) is 0 Å². The van der Waals surface area contributed by atoms with Gasteiger partial charge >= 0.3 is 5.97 Å². The van der Waals surface area contributed by atoms with Gasteiger partial charge in [0.15, 0.2) is 0 Å². The summed E-state index contributed by atoms with van der Waals surface area (Å²) >= 11 is 0. The van der Waals surface area contributed by atoms with Crippen LogP contribution in [0.5, 0.6) is 0 Å². The van der Waals surface area contributed by atoms with Crippen molar-refractivity contribution in [3.05, 3.63) is 12.2 Å². The SMILES string of the molecule is CC(NC(=O)CCCCC(=O)O)c1ncn[nH]1. The molecule has 1 aromatic rings. The summed E-state index contributed by atoms with van der Waals surface area (Å²) in [7, 11) is 0. The van der Waals surface area contributed by atoms with Crippen LogP contribution in [-0.2, 0) is 9.59 Å². The smallest absolute Gasteiger partial charge is 0.303 e. The Morgan fingerprint density at radius 3 is 2.76 bits per heavy atom. The number of hydrogen-bond donors (Lipinski definition) is 3. The summed E-state index contributed by atoms with van der Waals surface area (Å²) in [5.74, 6) is -0.344. The number of aromatic amines is 1. The molecular formula is C10H16N4O3. The van der Waals surface area contributed by atoms with E-state index in [9.17, 15) is 9.59 Å². The van der Waals surface area contributed by atoms with Gasteiger partial charge in [0.25, 0.3) is 0 Å². The number of aromatic nitrogens is 3. The van der Waals surface area contributed by atoms with Gasteiger partial charge in [-0.25, -0.2) is 4.98 Å². The topological polar surface area (TPSA) is 108 Å². The van der Waals surface area contributed by atoms with Crippen molar-refractivity contribution in [2.24, 2.45) is 0 Å². The number of carboxylic acid groups (broad SMARTS) is 1. The van der Waals surface area contributed by atoms with Gasteiger partial charge in [0.1, 0.15) is 12.2 Å². The Bertz CT molecular complexity index is 364. The Hall–Kier alpha value is -1.92. The molecule has 0 saturated heterocycles. The monoisotopic (exact) mass is 240 g/mol. The van der Waals surface area contributed by atoms with E-state index in [1.54, 1.807) is 6.92 Å². The minimum Gasteiger partial charge on any atom is -0.481 e. The van der Waals surface area contributed by atoms with E-state index in [-0.39, 0.29) is 18.4 Å². The van der Waals surface area contributed by atoms with Gasteiger partial charge in [-0.1, -0.05) is 0 Å². The normalized spacial score (nSPS) is 12.1. The zero-order valence-corrected chi connectivity index (χ0v) is 9.64. The van der Waals surface area contributed by atoms with Crippen molar-refractivity contribution in [2.75, 3.05) is 0 Å². The average Bonchev–Trinajstić information content (AvgIpc) is 2.77. The molecule has 0 saturated carbocycles. The Morgan fingerprint density at radius 1 is 1.47 bits per heavy atom. The third kappa shape index (κ3) is 5.10. The molecule has 7 heteroatoms. The van der Waals surface area contributed by atoms with E-state index in [4.69, 9.17) is 5.11 Å². The first-order valence-corrected chi connectivity index (χ1v) is 5.46. The van der Waals surface area contributed by atoms with Gasteiger partial charge in [-0.15, -0.1) is 0 Å². The van der Waals surface area contributed by atoms with Gasteiger partial charge < -0.3 is 10.4 Å². The van der Waals surface area contributed by atoms with Crippen molar-refractivity contribution in [1.29, 1.82) is 0 Å². The zero-order valence-electron chi connectivity index (χ0n) is 9.64. The second kappa shape index (κ2) is 6.62. The molecule has 94 valence electrons. The summed E-state index contributed by atoms with van der Waals surface area (Å²) in [5, 5.41) is 17.5. The molecule has 0 radical (unpaired) electrons. The van der Waals surface area contributed by atoms with E-state index in [2.05, 4.69) is 20.5 Å². The van der Waals surface area contributed by atoms with Crippen LogP contribution in [0.15, 0.2) is 6.33 Å². The number of nitrogens with one attached hydrogen (secondary N) is 2. The summed E-state index contributed by atoms with van der Waals surface area (Å²) < 4.78 is 0. The molecule has 1 unspecified atom stereocenters. The van der Waals surface area contributed by atoms with Crippen LogP contribution < -0.4 is 5.32 Å². The number of aliphatic carboxylic acids is 1. The van der Waals surface area contributed by atoms with Crippen LogP contribution in [0, 0.1) is 0 Å². The molecule has 1 rings (SSSR count). The Kier molecular flexibility index (Phi) is 5.12. The lowest BCUT2D eigenvalue weighted by Crippen LogP contribution is -2.27. The molecule has 3 N–H and O–H groups in total. The fourth-order valence-corrected chi connectivity index (χ4v) is 1.37. The number of unbranched alkanes of at least 4 members (excludes halogenated alkanes) is 1. The van der Waals surface area contributed by atoms with Gasteiger partial charge in [0.2, 0.25) is 5.91 Å². The van der Waals surface area contributed by atoms with Crippen LogP contribution in [0.3, 0.4) is 0 Å². The van der Waals surface area contributed by atoms with Gasteiger partial charge in [0.05, 0.1) is 6.04 Å². The first-order chi connectivity index (χ1) is 8.09. The number of carbonyl (C=O) groups is 2. The highest BCUT2D eigenvalue weighted by Crippen LogP contribution is 2.06. The Labute approximate surface area is 98.6 Å². The second-order valence-electron chi connectivity index (χ2n) is 3.76. The molecule has 17 heavy (non-hydrogen) atoms. The molecule has 0 aromatic carbocycles. The molecule has 1 heterocycles. The lowest BCUT2D eigenvalue weighted by molar-refractivity contribution is -0.137. The summed E-state index contributed by atoms with van der Waals surface area (Å²) in [4.78, 5) is 25.7. The molecule has 0 spiro atoms. The number of nitrogens with zero attached hydrogens (tertiary/aromatic N) is 2. The number of hydrogen-bond acceptors (Lipinski definition) is 4. The number of rotatable bonds is 7. The third-order valence-electron chi connectivity index (χ3n) is 2.27. The fraction of sp³-hybridized carbons (Fsp3) is 0.600.